The first kappa shape index (κ1) is 13.8. The van der Waals surface area contributed by atoms with E-state index in [0.717, 1.165) is 38.0 Å². The number of likely N-dealkylation sites (tertiary alicyclic amines) is 1. The second-order valence-electron chi connectivity index (χ2n) is 7.00. The quantitative estimate of drug-likeness (QED) is 0.873. The van der Waals surface area contributed by atoms with Gasteiger partial charge in [0.2, 0.25) is 5.91 Å². The van der Waals surface area contributed by atoms with E-state index in [4.69, 9.17) is 0 Å². The number of aromatic nitrogens is 2. The van der Waals surface area contributed by atoms with Crippen molar-refractivity contribution in [3.63, 3.8) is 0 Å². The lowest BCUT2D eigenvalue weighted by atomic mass is 9.97. The summed E-state index contributed by atoms with van der Waals surface area (Å²) in [6, 6.07) is 8.26. The Hall–Kier alpha value is -1.84. The molecule has 0 spiro atoms. The van der Waals surface area contributed by atoms with Crippen molar-refractivity contribution in [2.24, 2.45) is 17.8 Å². The zero-order valence-electron chi connectivity index (χ0n) is 13.1. The number of hydrogen-bond donors (Lipinski definition) is 0. The molecule has 2 heterocycles. The first-order valence-corrected chi connectivity index (χ1v) is 8.41. The number of rotatable bonds is 3. The molecule has 2 aromatic rings. The Morgan fingerprint density at radius 3 is 3.00 bits per heavy atom. The van der Waals surface area contributed by atoms with Gasteiger partial charge in [0.05, 0.1) is 17.4 Å². The van der Waals surface area contributed by atoms with Crippen molar-refractivity contribution in [3.8, 4) is 0 Å². The van der Waals surface area contributed by atoms with E-state index in [1.165, 1.54) is 11.9 Å². The third kappa shape index (κ3) is 2.51. The second-order valence-corrected chi connectivity index (χ2v) is 7.00. The highest BCUT2D eigenvalue weighted by Gasteiger charge is 2.42. The fourth-order valence-electron chi connectivity index (χ4n) is 3.75. The van der Waals surface area contributed by atoms with Crippen molar-refractivity contribution in [3.05, 3.63) is 30.6 Å². The van der Waals surface area contributed by atoms with E-state index in [1.807, 2.05) is 12.4 Å². The number of fused-ring (bicyclic) bond motifs is 1. The summed E-state index contributed by atoms with van der Waals surface area (Å²) < 4.78 is 2.24. The van der Waals surface area contributed by atoms with Crippen molar-refractivity contribution in [1.29, 1.82) is 0 Å². The summed E-state index contributed by atoms with van der Waals surface area (Å²) in [4.78, 5) is 19.0. The van der Waals surface area contributed by atoms with Crippen LogP contribution < -0.4 is 0 Å². The smallest absolute Gasteiger partial charge is 0.225 e. The molecule has 1 aliphatic heterocycles. The van der Waals surface area contributed by atoms with Gasteiger partial charge in [0, 0.05) is 25.6 Å². The third-order valence-corrected chi connectivity index (χ3v) is 5.24. The topological polar surface area (TPSA) is 38.1 Å². The first-order valence-electron chi connectivity index (χ1n) is 8.41. The Morgan fingerprint density at radius 1 is 1.36 bits per heavy atom. The van der Waals surface area contributed by atoms with Crippen molar-refractivity contribution in [2.45, 2.75) is 32.7 Å². The van der Waals surface area contributed by atoms with E-state index in [0.29, 0.717) is 23.7 Å². The number of nitrogens with zero attached hydrogens (tertiary/aromatic N) is 3. The van der Waals surface area contributed by atoms with Crippen molar-refractivity contribution >= 4 is 16.9 Å². The van der Waals surface area contributed by atoms with Gasteiger partial charge in [0.25, 0.3) is 0 Å². The lowest BCUT2D eigenvalue weighted by Gasteiger charge is -2.33. The van der Waals surface area contributed by atoms with Crippen LogP contribution in [0.15, 0.2) is 30.6 Å². The predicted molar refractivity (Wildman–Crippen MR) is 86.3 cm³/mol. The Morgan fingerprint density at radius 2 is 2.18 bits per heavy atom. The number of hydrogen-bond acceptors (Lipinski definition) is 2. The van der Waals surface area contributed by atoms with Crippen LogP contribution in [0.2, 0.25) is 0 Å². The number of para-hydroxylation sites is 2. The minimum atomic E-state index is 0.313. The van der Waals surface area contributed by atoms with Crippen LogP contribution in [-0.4, -0.2) is 33.4 Å². The molecule has 4 rings (SSSR count). The SMILES string of the molecule is CC1CC1C(=O)N1CCCC(Cn2cnc3ccccc32)C1. The number of carbonyl (C=O) groups excluding carboxylic acids is 1. The molecule has 1 aliphatic carbocycles. The Labute approximate surface area is 131 Å². The van der Waals surface area contributed by atoms with Crippen LogP contribution in [0.4, 0.5) is 0 Å². The van der Waals surface area contributed by atoms with Crippen molar-refractivity contribution < 1.29 is 4.79 Å². The number of imidazole rings is 1. The van der Waals surface area contributed by atoms with Crippen LogP contribution in [0.25, 0.3) is 11.0 Å². The maximum Gasteiger partial charge on any atom is 0.225 e. The summed E-state index contributed by atoms with van der Waals surface area (Å²) in [5.74, 6) is 1.86. The molecular weight excluding hydrogens is 274 g/mol. The molecule has 1 aromatic carbocycles. The first-order chi connectivity index (χ1) is 10.7. The van der Waals surface area contributed by atoms with Crippen LogP contribution in [0.3, 0.4) is 0 Å². The largest absolute Gasteiger partial charge is 0.342 e. The monoisotopic (exact) mass is 297 g/mol. The Kier molecular flexibility index (Phi) is 3.40. The molecule has 2 fully saturated rings. The van der Waals surface area contributed by atoms with E-state index in [2.05, 4.69) is 39.6 Å². The molecule has 0 N–H and O–H groups in total. The number of carbonyl (C=O) groups is 1. The van der Waals surface area contributed by atoms with Crippen LogP contribution in [0.1, 0.15) is 26.2 Å². The zero-order chi connectivity index (χ0) is 15.1. The molecule has 1 aromatic heterocycles. The standard InChI is InChI=1S/C18H23N3O/c1-13-9-15(13)18(22)20-8-4-5-14(10-20)11-21-12-19-16-6-2-3-7-17(16)21/h2-3,6-7,12-15H,4-5,8-11H2,1H3. The molecule has 0 bridgehead atoms. The highest BCUT2D eigenvalue weighted by molar-refractivity contribution is 5.81. The van der Waals surface area contributed by atoms with Gasteiger partial charge in [0.15, 0.2) is 0 Å². The summed E-state index contributed by atoms with van der Waals surface area (Å²) in [5.41, 5.74) is 2.25. The molecule has 4 nitrogen and oxygen atoms in total. The van der Waals surface area contributed by atoms with Gasteiger partial charge in [-0.25, -0.2) is 4.98 Å². The van der Waals surface area contributed by atoms with E-state index in [1.54, 1.807) is 0 Å². The van der Waals surface area contributed by atoms with Gasteiger partial charge < -0.3 is 9.47 Å². The second kappa shape index (κ2) is 5.41. The van der Waals surface area contributed by atoms with Crippen LogP contribution in [0.5, 0.6) is 0 Å². The summed E-state index contributed by atoms with van der Waals surface area (Å²) in [5, 5.41) is 0. The summed E-state index contributed by atoms with van der Waals surface area (Å²) in [7, 11) is 0. The predicted octanol–water partition coefficient (Wildman–Crippen LogP) is 2.93. The normalized spacial score (nSPS) is 28.0. The maximum atomic E-state index is 12.4. The molecule has 3 atom stereocenters. The highest BCUT2D eigenvalue weighted by Crippen LogP contribution is 2.40. The molecule has 1 saturated carbocycles. The van der Waals surface area contributed by atoms with Crippen molar-refractivity contribution in [1.82, 2.24) is 14.5 Å². The lowest BCUT2D eigenvalue weighted by molar-refractivity contribution is -0.134. The third-order valence-electron chi connectivity index (χ3n) is 5.24. The summed E-state index contributed by atoms with van der Waals surface area (Å²) in [6.45, 7) is 5.00. The van der Waals surface area contributed by atoms with E-state index in [9.17, 15) is 4.79 Å². The lowest BCUT2D eigenvalue weighted by Crippen LogP contribution is -2.42. The van der Waals surface area contributed by atoms with E-state index < -0.39 is 0 Å². The van der Waals surface area contributed by atoms with Gasteiger partial charge in [-0.15, -0.1) is 0 Å². The average molecular weight is 297 g/mol. The molecule has 2 aliphatic rings. The number of amides is 1. The fourth-order valence-corrected chi connectivity index (χ4v) is 3.75. The molecule has 3 unspecified atom stereocenters. The van der Waals surface area contributed by atoms with E-state index >= 15 is 0 Å². The molecule has 22 heavy (non-hydrogen) atoms. The molecule has 1 amide bonds. The van der Waals surface area contributed by atoms with Gasteiger partial charge in [-0.3, -0.25) is 4.79 Å². The number of piperidine rings is 1. The average Bonchev–Trinajstić information content (AvgIpc) is 3.14. The Balaban J connectivity index is 1.45. The van der Waals surface area contributed by atoms with Gasteiger partial charge in [-0.05, 0) is 43.2 Å². The highest BCUT2D eigenvalue weighted by atomic mass is 16.2. The summed E-state index contributed by atoms with van der Waals surface area (Å²) in [6.07, 6.45) is 5.36. The molecular formula is C18H23N3O. The van der Waals surface area contributed by atoms with Crippen LogP contribution in [-0.2, 0) is 11.3 Å². The van der Waals surface area contributed by atoms with Gasteiger partial charge in [0.1, 0.15) is 0 Å². The van der Waals surface area contributed by atoms with Crippen LogP contribution >= 0.6 is 0 Å². The molecule has 4 heteroatoms. The maximum absolute atomic E-state index is 12.4. The number of benzene rings is 1. The van der Waals surface area contributed by atoms with E-state index in [-0.39, 0.29) is 0 Å². The molecule has 116 valence electrons. The molecule has 0 radical (unpaired) electrons. The summed E-state index contributed by atoms with van der Waals surface area (Å²) >= 11 is 0. The zero-order valence-corrected chi connectivity index (χ0v) is 13.1. The van der Waals surface area contributed by atoms with Crippen LogP contribution in [0, 0.1) is 17.8 Å². The van der Waals surface area contributed by atoms with Gasteiger partial charge >= 0.3 is 0 Å². The van der Waals surface area contributed by atoms with Crippen molar-refractivity contribution in [2.75, 3.05) is 13.1 Å². The van der Waals surface area contributed by atoms with Gasteiger partial charge in [-0.1, -0.05) is 19.1 Å². The minimum absolute atomic E-state index is 0.313. The van der Waals surface area contributed by atoms with Gasteiger partial charge in [-0.2, -0.15) is 0 Å². The minimum Gasteiger partial charge on any atom is -0.342 e. The molecule has 1 saturated heterocycles. The fraction of sp³-hybridized carbons (Fsp3) is 0.556. The Bertz CT molecular complexity index is 692.